The van der Waals surface area contributed by atoms with Crippen molar-refractivity contribution < 1.29 is 9.53 Å². The molecule has 5 heteroatoms. The monoisotopic (exact) mass is 360 g/mol. The molecule has 0 aliphatic rings. The number of ether oxygens (including phenoxy) is 1. The summed E-state index contributed by atoms with van der Waals surface area (Å²) in [5.74, 6) is -0.273. The van der Waals surface area contributed by atoms with Crippen LogP contribution in [0, 0.1) is 0 Å². The van der Waals surface area contributed by atoms with Crippen molar-refractivity contribution in [2.24, 2.45) is 0 Å². The number of nitrogens with one attached hydrogen (secondary N) is 1. The van der Waals surface area contributed by atoms with Crippen LogP contribution in [0.3, 0.4) is 0 Å². The molecule has 136 valence electrons. The molecular formula is C20H28N2O2S. The summed E-state index contributed by atoms with van der Waals surface area (Å²) in [6.45, 7) is 12.6. The molecule has 0 amide bonds. The third-order valence-electron chi connectivity index (χ3n) is 3.46. The molecule has 0 aliphatic carbocycles. The summed E-state index contributed by atoms with van der Waals surface area (Å²) in [4.78, 5) is 17.3. The zero-order valence-corrected chi connectivity index (χ0v) is 16.7. The van der Waals surface area contributed by atoms with Crippen LogP contribution in [-0.2, 0) is 21.5 Å². The van der Waals surface area contributed by atoms with Crippen LogP contribution < -0.4 is 5.32 Å². The molecule has 0 unspecified atom stereocenters. The Morgan fingerprint density at radius 2 is 1.80 bits per heavy atom. The summed E-state index contributed by atoms with van der Waals surface area (Å²) in [6, 6.07) is 9.14. The van der Waals surface area contributed by atoms with Crippen LogP contribution in [-0.4, -0.2) is 16.6 Å². The molecule has 0 saturated carbocycles. The van der Waals surface area contributed by atoms with Crippen LogP contribution in [0.15, 0.2) is 35.7 Å². The van der Waals surface area contributed by atoms with Crippen molar-refractivity contribution in [1.82, 2.24) is 10.3 Å². The zero-order valence-electron chi connectivity index (χ0n) is 15.9. The van der Waals surface area contributed by atoms with Crippen LogP contribution in [0.1, 0.15) is 63.8 Å². The van der Waals surface area contributed by atoms with Gasteiger partial charge in [-0.05, 0) is 26.3 Å². The Bertz CT molecular complexity index is 696. The Labute approximate surface area is 154 Å². The highest BCUT2D eigenvalue weighted by Crippen LogP contribution is 2.26. The number of nitrogens with zero attached hydrogens (tertiary/aromatic N) is 1. The maximum Gasteiger partial charge on any atom is 0.328 e. The van der Waals surface area contributed by atoms with Gasteiger partial charge in [-0.1, -0.05) is 51.1 Å². The lowest BCUT2D eigenvalue weighted by Crippen LogP contribution is -2.34. The fourth-order valence-corrected chi connectivity index (χ4v) is 3.19. The van der Waals surface area contributed by atoms with Crippen molar-refractivity contribution in [2.45, 2.75) is 65.1 Å². The first kappa shape index (κ1) is 19.6. The molecule has 0 aliphatic heterocycles. The molecule has 0 fully saturated rings. The minimum Gasteiger partial charge on any atom is -0.459 e. The van der Waals surface area contributed by atoms with Gasteiger partial charge < -0.3 is 4.74 Å². The maximum absolute atomic E-state index is 12.6. The Morgan fingerprint density at radius 3 is 2.32 bits per heavy atom. The van der Waals surface area contributed by atoms with E-state index in [0.29, 0.717) is 6.54 Å². The Morgan fingerprint density at radius 1 is 1.16 bits per heavy atom. The molecule has 1 aromatic carbocycles. The average molecular weight is 361 g/mol. The molecule has 1 atom stereocenters. The van der Waals surface area contributed by atoms with Gasteiger partial charge >= 0.3 is 5.97 Å². The normalized spacial score (nSPS) is 13.5. The van der Waals surface area contributed by atoms with E-state index in [1.807, 2.05) is 56.5 Å². The van der Waals surface area contributed by atoms with Gasteiger partial charge in [0.05, 0.1) is 10.7 Å². The van der Waals surface area contributed by atoms with Crippen LogP contribution in [0.25, 0.3) is 0 Å². The van der Waals surface area contributed by atoms with Crippen molar-refractivity contribution in [3.8, 4) is 0 Å². The highest BCUT2D eigenvalue weighted by atomic mass is 32.1. The number of esters is 1. The van der Waals surface area contributed by atoms with E-state index in [1.54, 1.807) is 11.3 Å². The first-order valence-corrected chi connectivity index (χ1v) is 9.40. The third kappa shape index (κ3) is 5.94. The molecule has 2 rings (SSSR count). The number of carbonyl (C=O) groups excluding carboxylic acids is 1. The van der Waals surface area contributed by atoms with Gasteiger partial charge in [-0.15, -0.1) is 11.3 Å². The highest BCUT2D eigenvalue weighted by molar-refractivity contribution is 7.09. The fourth-order valence-electron chi connectivity index (χ4n) is 2.28. The van der Waals surface area contributed by atoms with Crippen molar-refractivity contribution in [3.63, 3.8) is 0 Å². The second-order valence-electron chi connectivity index (χ2n) is 8.15. The third-order valence-corrected chi connectivity index (χ3v) is 4.77. The van der Waals surface area contributed by atoms with Gasteiger partial charge in [-0.2, -0.15) is 0 Å². The molecule has 25 heavy (non-hydrogen) atoms. The molecule has 1 aromatic heterocycles. The number of rotatable bonds is 5. The predicted octanol–water partition coefficient (Wildman–Crippen LogP) is 4.61. The number of benzene rings is 1. The van der Waals surface area contributed by atoms with Crippen molar-refractivity contribution in [3.05, 3.63) is 52.0 Å². The van der Waals surface area contributed by atoms with Crippen molar-refractivity contribution in [2.75, 3.05) is 0 Å². The van der Waals surface area contributed by atoms with Gasteiger partial charge in [0.2, 0.25) is 0 Å². The van der Waals surface area contributed by atoms with E-state index in [-0.39, 0.29) is 11.4 Å². The lowest BCUT2D eigenvalue weighted by molar-refractivity contribution is -0.157. The number of hydrogen-bond donors (Lipinski definition) is 1. The number of thiazole rings is 1. The summed E-state index contributed by atoms with van der Waals surface area (Å²) >= 11 is 1.66. The van der Waals surface area contributed by atoms with E-state index in [1.165, 1.54) is 0 Å². The molecule has 0 radical (unpaired) electrons. The van der Waals surface area contributed by atoms with Gasteiger partial charge in [0.15, 0.2) is 0 Å². The molecule has 0 bridgehead atoms. The lowest BCUT2D eigenvalue weighted by Gasteiger charge is -2.24. The Hall–Kier alpha value is -1.72. The quantitative estimate of drug-likeness (QED) is 0.791. The van der Waals surface area contributed by atoms with E-state index in [4.69, 9.17) is 4.74 Å². The van der Waals surface area contributed by atoms with Crippen LogP contribution in [0.5, 0.6) is 0 Å². The van der Waals surface area contributed by atoms with Gasteiger partial charge in [0.1, 0.15) is 11.6 Å². The van der Waals surface area contributed by atoms with E-state index >= 15 is 0 Å². The SMILES string of the molecule is CC(C)(C)OC(=O)[C@@H](NCc1csc(C(C)(C)C)n1)c1ccccc1. The largest absolute Gasteiger partial charge is 0.459 e. The van der Waals surface area contributed by atoms with E-state index in [9.17, 15) is 4.79 Å². The average Bonchev–Trinajstić information content (AvgIpc) is 2.96. The summed E-state index contributed by atoms with van der Waals surface area (Å²) in [5, 5.41) is 6.45. The van der Waals surface area contributed by atoms with E-state index in [2.05, 4.69) is 31.1 Å². The van der Waals surface area contributed by atoms with Gasteiger partial charge in [-0.25, -0.2) is 9.78 Å². The summed E-state index contributed by atoms with van der Waals surface area (Å²) in [7, 11) is 0. The summed E-state index contributed by atoms with van der Waals surface area (Å²) in [5.41, 5.74) is 1.35. The lowest BCUT2D eigenvalue weighted by atomic mass is 9.98. The van der Waals surface area contributed by atoms with E-state index < -0.39 is 11.6 Å². The first-order valence-electron chi connectivity index (χ1n) is 8.52. The van der Waals surface area contributed by atoms with Gasteiger partial charge in [0, 0.05) is 17.3 Å². The van der Waals surface area contributed by atoms with Crippen molar-refractivity contribution in [1.29, 1.82) is 0 Å². The number of carbonyl (C=O) groups is 1. The maximum atomic E-state index is 12.6. The molecule has 2 aromatic rings. The molecule has 4 nitrogen and oxygen atoms in total. The smallest absolute Gasteiger partial charge is 0.328 e. The predicted molar refractivity (Wildman–Crippen MR) is 103 cm³/mol. The second kappa shape index (κ2) is 7.67. The van der Waals surface area contributed by atoms with Crippen LogP contribution >= 0.6 is 11.3 Å². The fraction of sp³-hybridized carbons (Fsp3) is 0.500. The zero-order chi connectivity index (χ0) is 18.7. The van der Waals surface area contributed by atoms with Gasteiger partial charge in [-0.3, -0.25) is 5.32 Å². The van der Waals surface area contributed by atoms with Crippen LogP contribution in [0.2, 0.25) is 0 Å². The molecule has 0 spiro atoms. The summed E-state index contributed by atoms with van der Waals surface area (Å²) < 4.78 is 5.58. The Balaban J connectivity index is 2.14. The van der Waals surface area contributed by atoms with Crippen LogP contribution in [0.4, 0.5) is 0 Å². The minimum atomic E-state index is -0.522. The summed E-state index contributed by atoms with van der Waals surface area (Å²) in [6.07, 6.45) is 0. The van der Waals surface area contributed by atoms with E-state index in [0.717, 1.165) is 16.3 Å². The first-order chi connectivity index (χ1) is 11.6. The second-order valence-corrected chi connectivity index (χ2v) is 9.01. The number of hydrogen-bond acceptors (Lipinski definition) is 5. The molecule has 1 N–H and O–H groups in total. The standard InChI is InChI=1S/C20H28N2O2S/c1-19(2,3)18-22-15(13-25-18)12-21-16(14-10-8-7-9-11-14)17(23)24-20(4,5)6/h7-11,13,16,21H,12H2,1-6H3/t16-/m0/s1. The van der Waals surface area contributed by atoms with Crippen molar-refractivity contribution >= 4 is 17.3 Å². The molecule has 1 heterocycles. The van der Waals surface area contributed by atoms with Gasteiger partial charge in [0.25, 0.3) is 0 Å². The Kier molecular flexibility index (Phi) is 6.01. The molecular weight excluding hydrogens is 332 g/mol. The minimum absolute atomic E-state index is 0.0346. The topological polar surface area (TPSA) is 51.2 Å². The highest BCUT2D eigenvalue weighted by Gasteiger charge is 2.26. The number of aromatic nitrogens is 1. The molecule has 0 saturated heterocycles.